The number of carbonyl (C=O) groups is 1. The van der Waals surface area contributed by atoms with Gasteiger partial charge in [0.2, 0.25) is 10.0 Å². The molecule has 29 heavy (non-hydrogen) atoms. The first-order chi connectivity index (χ1) is 13.5. The second kappa shape index (κ2) is 7.44. The third-order valence-electron chi connectivity index (χ3n) is 4.13. The number of hydrogen-bond donors (Lipinski definition) is 3. The number of hydrogen-bond acceptors (Lipinski definition) is 7. The second-order valence-electron chi connectivity index (χ2n) is 6.43. The first kappa shape index (κ1) is 20.7. The Bertz CT molecular complexity index is 1180. The highest BCUT2D eigenvalue weighted by molar-refractivity contribution is 7.92. The summed E-state index contributed by atoms with van der Waals surface area (Å²) in [5.41, 5.74) is 1.50. The number of nitrogens with one attached hydrogen (secondary N) is 2. The first-order valence-electron chi connectivity index (χ1n) is 8.28. The van der Waals surface area contributed by atoms with Crippen molar-refractivity contribution in [2.24, 2.45) is 0 Å². The molecule has 1 aliphatic heterocycles. The van der Waals surface area contributed by atoms with Crippen LogP contribution in [0.15, 0.2) is 36.4 Å². The summed E-state index contributed by atoms with van der Waals surface area (Å²) in [4.78, 5) is 11.4. The Labute approximate surface area is 168 Å². The summed E-state index contributed by atoms with van der Waals surface area (Å²) in [6, 6.07) is 9.16. The molecule has 0 aromatic heterocycles. The highest BCUT2D eigenvalue weighted by atomic mass is 32.2. The van der Waals surface area contributed by atoms with Gasteiger partial charge in [0, 0.05) is 0 Å². The SMILES string of the molecule is COc1ccc(NS(C)(=O)=O)c(Cc2ccc(N3CC(=O)NS3(=O)=O)c(O)c2)c1. The van der Waals surface area contributed by atoms with E-state index in [1.54, 1.807) is 24.3 Å². The number of anilines is 2. The quantitative estimate of drug-likeness (QED) is 0.594. The second-order valence-corrected chi connectivity index (χ2v) is 9.78. The van der Waals surface area contributed by atoms with E-state index in [2.05, 4.69) is 4.72 Å². The monoisotopic (exact) mass is 441 g/mol. The van der Waals surface area contributed by atoms with Gasteiger partial charge in [-0.25, -0.2) is 17.4 Å². The third-order valence-corrected chi connectivity index (χ3v) is 6.11. The molecule has 1 fully saturated rings. The van der Waals surface area contributed by atoms with Gasteiger partial charge in [0.15, 0.2) is 0 Å². The zero-order valence-electron chi connectivity index (χ0n) is 15.5. The third kappa shape index (κ3) is 4.71. The van der Waals surface area contributed by atoms with Crippen molar-refractivity contribution in [3.8, 4) is 11.5 Å². The summed E-state index contributed by atoms with van der Waals surface area (Å²) < 4.78 is 57.4. The minimum atomic E-state index is -4.04. The fourth-order valence-corrected chi connectivity index (χ4v) is 4.68. The largest absolute Gasteiger partial charge is 0.506 e. The van der Waals surface area contributed by atoms with Crippen LogP contribution in [0.25, 0.3) is 0 Å². The molecule has 1 saturated heterocycles. The van der Waals surface area contributed by atoms with Crippen molar-refractivity contribution in [1.82, 2.24) is 4.72 Å². The molecule has 0 saturated carbocycles. The Morgan fingerprint density at radius 1 is 1.24 bits per heavy atom. The van der Waals surface area contributed by atoms with Crippen LogP contribution in [0.5, 0.6) is 11.5 Å². The van der Waals surface area contributed by atoms with Gasteiger partial charge in [-0.05, 0) is 47.9 Å². The zero-order chi connectivity index (χ0) is 21.4. The summed E-state index contributed by atoms with van der Waals surface area (Å²) in [5, 5.41) is 10.3. The molecule has 0 radical (unpaired) electrons. The van der Waals surface area contributed by atoms with E-state index in [9.17, 15) is 26.7 Å². The predicted molar refractivity (Wildman–Crippen MR) is 107 cm³/mol. The molecule has 1 heterocycles. The van der Waals surface area contributed by atoms with Gasteiger partial charge in [-0.15, -0.1) is 0 Å². The lowest BCUT2D eigenvalue weighted by Gasteiger charge is -2.17. The van der Waals surface area contributed by atoms with Crippen molar-refractivity contribution in [2.75, 3.05) is 28.9 Å². The van der Waals surface area contributed by atoms with Gasteiger partial charge in [0.25, 0.3) is 5.91 Å². The van der Waals surface area contributed by atoms with Crippen molar-refractivity contribution >= 4 is 37.5 Å². The average Bonchev–Trinajstić information content (AvgIpc) is 2.87. The molecule has 0 atom stereocenters. The van der Waals surface area contributed by atoms with E-state index in [1.165, 1.54) is 19.2 Å². The van der Waals surface area contributed by atoms with Crippen LogP contribution in [0.4, 0.5) is 11.4 Å². The van der Waals surface area contributed by atoms with Crippen molar-refractivity contribution < 1.29 is 31.5 Å². The number of carbonyl (C=O) groups excluding carboxylic acids is 1. The number of nitrogens with zero attached hydrogens (tertiary/aromatic N) is 1. The Kier molecular flexibility index (Phi) is 5.32. The molecule has 3 rings (SSSR count). The first-order valence-corrected chi connectivity index (χ1v) is 11.6. The van der Waals surface area contributed by atoms with Crippen LogP contribution in [0, 0.1) is 0 Å². The molecule has 1 aliphatic rings. The average molecular weight is 441 g/mol. The Balaban J connectivity index is 1.93. The fourth-order valence-electron chi connectivity index (χ4n) is 2.91. The molecule has 0 unspecified atom stereocenters. The van der Waals surface area contributed by atoms with Crippen LogP contribution >= 0.6 is 0 Å². The number of sulfonamides is 1. The van der Waals surface area contributed by atoms with Crippen LogP contribution in [-0.2, 0) is 31.4 Å². The summed E-state index contributed by atoms with van der Waals surface area (Å²) in [6.45, 7) is -0.423. The molecular formula is C17H19N3O7S2. The smallest absolute Gasteiger partial charge is 0.326 e. The topological polar surface area (TPSA) is 142 Å². The lowest BCUT2D eigenvalue weighted by molar-refractivity contribution is -0.117. The van der Waals surface area contributed by atoms with E-state index < -0.39 is 32.7 Å². The molecule has 3 N–H and O–H groups in total. The lowest BCUT2D eigenvalue weighted by atomic mass is 10.0. The number of methoxy groups -OCH3 is 1. The van der Waals surface area contributed by atoms with Crippen LogP contribution in [-0.4, -0.2) is 47.8 Å². The van der Waals surface area contributed by atoms with Gasteiger partial charge < -0.3 is 9.84 Å². The van der Waals surface area contributed by atoms with Crippen LogP contribution in [0.1, 0.15) is 11.1 Å². The molecule has 0 aliphatic carbocycles. The summed E-state index contributed by atoms with van der Waals surface area (Å²) in [7, 11) is -6.07. The standard InChI is InChI=1S/C17H19N3O7S2/c1-27-13-4-5-14(18-28(2,23)24)12(9-13)7-11-3-6-15(16(21)8-11)20-10-17(22)19-29(20,25)26/h3-6,8-9,18,21H,7,10H2,1-2H3,(H,19,22). The van der Waals surface area contributed by atoms with Crippen molar-refractivity contribution in [1.29, 1.82) is 0 Å². The van der Waals surface area contributed by atoms with Gasteiger partial charge in [-0.3, -0.25) is 9.52 Å². The Hall–Kier alpha value is -2.99. The Morgan fingerprint density at radius 2 is 1.97 bits per heavy atom. The van der Waals surface area contributed by atoms with Crippen molar-refractivity contribution in [2.45, 2.75) is 6.42 Å². The Morgan fingerprint density at radius 3 is 2.52 bits per heavy atom. The molecule has 1 amide bonds. The van der Waals surface area contributed by atoms with Gasteiger partial charge in [0.1, 0.15) is 18.0 Å². The summed E-state index contributed by atoms with van der Waals surface area (Å²) in [6.07, 6.45) is 1.26. The number of phenols is 1. The maximum Gasteiger partial charge on any atom is 0.326 e. The van der Waals surface area contributed by atoms with E-state index in [4.69, 9.17) is 4.74 Å². The van der Waals surface area contributed by atoms with Gasteiger partial charge in [-0.2, -0.15) is 8.42 Å². The van der Waals surface area contributed by atoms with E-state index >= 15 is 0 Å². The molecule has 12 heteroatoms. The molecule has 2 aromatic carbocycles. The maximum atomic E-state index is 12.0. The molecule has 0 bridgehead atoms. The summed E-state index contributed by atoms with van der Waals surface area (Å²) >= 11 is 0. The highest BCUT2D eigenvalue weighted by Crippen LogP contribution is 2.33. The predicted octanol–water partition coefficient (Wildman–Crippen LogP) is 0.544. The number of phenolic OH excluding ortho intramolecular Hbond substituents is 1. The lowest BCUT2D eigenvalue weighted by Crippen LogP contribution is -2.29. The van der Waals surface area contributed by atoms with Crippen LogP contribution < -0.4 is 18.5 Å². The number of benzene rings is 2. The fraction of sp³-hybridized carbons (Fsp3) is 0.235. The number of aromatic hydroxyl groups is 1. The maximum absolute atomic E-state index is 12.0. The molecule has 10 nitrogen and oxygen atoms in total. The van der Waals surface area contributed by atoms with Crippen molar-refractivity contribution in [3.05, 3.63) is 47.5 Å². The zero-order valence-corrected chi connectivity index (χ0v) is 17.2. The molecular weight excluding hydrogens is 422 g/mol. The molecule has 2 aromatic rings. The minimum absolute atomic E-state index is 0.0350. The normalized spacial score (nSPS) is 15.8. The van der Waals surface area contributed by atoms with E-state index in [-0.39, 0.29) is 17.9 Å². The van der Waals surface area contributed by atoms with Crippen LogP contribution in [0.2, 0.25) is 0 Å². The molecule has 156 valence electrons. The summed E-state index contributed by atoms with van der Waals surface area (Å²) in [5.74, 6) is -0.503. The minimum Gasteiger partial charge on any atom is -0.506 e. The van der Waals surface area contributed by atoms with Crippen molar-refractivity contribution in [3.63, 3.8) is 0 Å². The van der Waals surface area contributed by atoms with Gasteiger partial charge in [-0.1, -0.05) is 6.07 Å². The van der Waals surface area contributed by atoms with Gasteiger partial charge >= 0.3 is 10.2 Å². The number of amides is 1. The van der Waals surface area contributed by atoms with E-state index in [0.717, 1.165) is 10.6 Å². The number of rotatable bonds is 6. The van der Waals surface area contributed by atoms with E-state index in [1.807, 2.05) is 4.72 Å². The highest BCUT2D eigenvalue weighted by Gasteiger charge is 2.35. The van der Waals surface area contributed by atoms with E-state index in [0.29, 0.717) is 22.6 Å². The number of ether oxygens (including phenoxy) is 1. The van der Waals surface area contributed by atoms with Gasteiger partial charge in [0.05, 0.1) is 24.7 Å². The van der Waals surface area contributed by atoms with Crippen LogP contribution in [0.3, 0.4) is 0 Å². The molecule has 0 spiro atoms.